The van der Waals surface area contributed by atoms with E-state index in [9.17, 15) is 9.59 Å². The summed E-state index contributed by atoms with van der Waals surface area (Å²) in [5.74, 6) is 1.30. The van der Waals surface area contributed by atoms with Crippen LogP contribution in [0.5, 0.6) is 0 Å². The Hall–Kier alpha value is -1.20. The van der Waals surface area contributed by atoms with Crippen LogP contribution < -0.4 is 0 Å². The molecule has 1 aromatic rings. The van der Waals surface area contributed by atoms with Crippen LogP contribution in [0.1, 0.15) is 12.0 Å². The fraction of sp³-hybridized carbons (Fsp3) is 0.333. The van der Waals surface area contributed by atoms with E-state index in [1.54, 1.807) is 0 Å². The Morgan fingerprint density at radius 3 is 2.50 bits per heavy atom. The van der Waals surface area contributed by atoms with E-state index in [0.29, 0.717) is 5.57 Å². The number of rotatable bonds is 6. The average molecular weight is 308 g/mol. The number of benzene rings is 1. The maximum atomic E-state index is 12.5. The van der Waals surface area contributed by atoms with Gasteiger partial charge in [-0.15, -0.1) is 11.8 Å². The van der Waals surface area contributed by atoms with Gasteiger partial charge in [0.05, 0.1) is 12.7 Å². The van der Waals surface area contributed by atoms with Gasteiger partial charge in [0.2, 0.25) is 5.78 Å². The fourth-order valence-corrected chi connectivity index (χ4v) is 3.55. The lowest BCUT2D eigenvalue weighted by molar-refractivity contribution is -0.121. The van der Waals surface area contributed by atoms with Crippen LogP contribution in [-0.4, -0.2) is 35.4 Å². The zero-order valence-corrected chi connectivity index (χ0v) is 12.9. The van der Waals surface area contributed by atoms with Gasteiger partial charge < -0.3 is 4.74 Å². The van der Waals surface area contributed by atoms with Crippen molar-refractivity contribution < 1.29 is 14.3 Å². The Labute approximate surface area is 128 Å². The van der Waals surface area contributed by atoms with Crippen LogP contribution in [0, 0.1) is 0 Å². The highest BCUT2D eigenvalue weighted by Gasteiger charge is 2.42. The Kier molecular flexibility index (Phi) is 5.31. The summed E-state index contributed by atoms with van der Waals surface area (Å²) in [6.07, 6.45) is 0.869. The minimum Gasteiger partial charge on any atom is -0.492 e. The van der Waals surface area contributed by atoms with Crippen molar-refractivity contribution in [2.45, 2.75) is 11.7 Å². The molecule has 1 aromatic carbocycles. The molecule has 0 saturated heterocycles. The number of Topliss-reactive ketones (excluding diaryl/α,β-unsaturated/α-hetero) is 2. The maximum Gasteiger partial charge on any atom is 0.218 e. The van der Waals surface area contributed by atoms with Crippen molar-refractivity contribution in [1.82, 2.24) is 0 Å². The molecule has 106 valence electrons. The lowest BCUT2D eigenvalue weighted by Gasteiger charge is -2.06. The van der Waals surface area contributed by atoms with Crippen molar-refractivity contribution in [3.8, 4) is 0 Å². The van der Waals surface area contributed by atoms with Crippen LogP contribution >= 0.6 is 24.4 Å². The second-order valence-corrected chi connectivity index (χ2v) is 5.99. The van der Waals surface area contributed by atoms with E-state index in [2.05, 4.69) is 12.6 Å². The van der Waals surface area contributed by atoms with Crippen molar-refractivity contribution in [1.29, 1.82) is 0 Å². The summed E-state index contributed by atoms with van der Waals surface area (Å²) in [5.41, 5.74) is 1.14. The van der Waals surface area contributed by atoms with Crippen LogP contribution in [0.25, 0.3) is 5.57 Å². The molecular formula is C15H16O3S2. The number of carbonyl (C=O) groups excluding carboxylic acids is 2. The van der Waals surface area contributed by atoms with Gasteiger partial charge in [-0.25, -0.2) is 0 Å². The second kappa shape index (κ2) is 6.99. The number of methoxy groups -OCH3 is 1. The van der Waals surface area contributed by atoms with Crippen LogP contribution in [0.4, 0.5) is 0 Å². The molecule has 1 aliphatic carbocycles. The molecule has 0 radical (unpaired) electrons. The summed E-state index contributed by atoms with van der Waals surface area (Å²) in [6.45, 7) is 0. The van der Waals surface area contributed by atoms with E-state index < -0.39 is 5.25 Å². The van der Waals surface area contributed by atoms with E-state index in [-0.39, 0.29) is 17.3 Å². The van der Waals surface area contributed by atoms with Gasteiger partial charge >= 0.3 is 0 Å². The SMILES string of the molecule is COC1=C(c2ccccc2)C(=O)C(SCCCS)C1=O. The molecule has 3 nitrogen and oxygen atoms in total. The van der Waals surface area contributed by atoms with E-state index >= 15 is 0 Å². The molecule has 0 N–H and O–H groups in total. The van der Waals surface area contributed by atoms with Crippen molar-refractivity contribution in [2.75, 3.05) is 18.6 Å². The molecule has 20 heavy (non-hydrogen) atoms. The monoisotopic (exact) mass is 308 g/mol. The first-order valence-corrected chi connectivity index (χ1v) is 8.03. The quantitative estimate of drug-likeness (QED) is 0.498. The molecule has 0 bridgehead atoms. The van der Waals surface area contributed by atoms with E-state index in [1.807, 2.05) is 30.3 Å². The molecule has 0 amide bonds. The summed E-state index contributed by atoms with van der Waals surface area (Å²) in [6, 6.07) is 9.20. The Morgan fingerprint density at radius 2 is 1.90 bits per heavy atom. The molecule has 0 saturated carbocycles. The van der Waals surface area contributed by atoms with Gasteiger partial charge in [-0.05, 0) is 23.5 Å². The normalized spacial score (nSPS) is 18.8. The van der Waals surface area contributed by atoms with Gasteiger partial charge in [-0.1, -0.05) is 30.3 Å². The smallest absolute Gasteiger partial charge is 0.218 e. The van der Waals surface area contributed by atoms with Crippen LogP contribution in [-0.2, 0) is 14.3 Å². The fourth-order valence-electron chi connectivity index (χ4n) is 2.10. The topological polar surface area (TPSA) is 43.4 Å². The highest BCUT2D eigenvalue weighted by Crippen LogP contribution is 2.35. The van der Waals surface area contributed by atoms with Gasteiger partial charge in [-0.2, -0.15) is 12.6 Å². The largest absolute Gasteiger partial charge is 0.492 e. The standard InChI is InChI=1S/C15H16O3S2/c1-18-14-11(10-6-3-2-4-7-10)12(16)15(13(14)17)20-9-5-8-19/h2-4,6-7,15,19H,5,8-9H2,1H3. The molecule has 2 rings (SSSR count). The van der Waals surface area contributed by atoms with Crippen LogP contribution in [0.2, 0.25) is 0 Å². The zero-order valence-electron chi connectivity index (χ0n) is 11.2. The molecule has 1 aliphatic rings. The number of allylic oxidation sites excluding steroid dienone is 2. The number of ether oxygens (including phenoxy) is 1. The predicted molar refractivity (Wildman–Crippen MR) is 85.1 cm³/mol. The summed E-state index contributed by atoms with van der Waals surface area (Å²) >= 11 is 5.51. The summed E-state index contributed by atoms with van der Waals surface area (Å²) < 4.78 is 5.18. The predicted octanol–water partition coefficient (Wildman–Crippen LogP) is 2.62. The first-order valence-electron chi connectivity index (χ1n) is 6.35. The number of hydrogen-bond acceptors (Lipinski definition) is 5. The van der Waals surface area contributed by atoms with Gasteiger partial charge in [0, 0.05) is 0 Å². The minimum atomic E-state index is -0.667. The Bertz CT molecular complexity index is 537. The van der Waals surface area contributed by atoms with Gasteiger partial charge in [0.25, 0.3) is 0 Å². The van der Waals surface area contributed by atoms with E-state index in [0.717, 1.165) is 23.5 Å². The molecular weight excluding hydrogens is 292 g/mol. The van der Waals surface area contributed by atoms with E-state index in [1.165, 1.54) is 18.9 Å². The van der Waals surface area contributed by atoms with E-state index in [4.69, 9.17) is 4.74 Å². The lowest BCUT2D eigenvalue weighted by Crippen LogP contribution is -2.21. The molecule has 1 unspecified atom stereocenters. The lowest BCUT2D eigenvalue weighted by atomic mass is 10.0. The molecule has 0 heterocycles. The summed E-state index contributed by atoms with van der Waals surface area (Å²) in [4.78, 5) is 24.8. The van der Waals surface area contributed by atoms with Crippen molar-refractivity contribution in [3.05, 3.63) is 41.7 Å². The Balaban J connectivity index is 2.28. The average Bonchev–Trinajstić information content (AvgIpc) is 2.72. The van der Waals surface area contributed by atoms with Gasteiger partial charge in [-0.3, -0.25) is 9.59 Å². The zero-order chi connectivity index (χ0) is 14.5. The first-order chi connectivity index (χ1) is 9.70. The molecule has 5 heteroatoms. The third kappa shape index (κ3) is 2.94. The Morgan fingerprint density at radius 1 is 1.20 bits per heavy atom. The third-order valence-electron chi connectivity index (χ3n) is 3.03. The van der Waals surface area contributed by atoms with Gasteiger partial charge in [0.1, 0.15) is 5.25 Å². The number of hydrogen-bond donors (Lipinski definition) is 1. The van der Waals surface area contributed by atoms with Crippen molar-refractivity contribution in [2.24, 2.45) is 0 Å². The van der Waals surface area contributed by atoms with Crippen LogP contribution in [0.3, 0.4) is 0 Å². The highest BCUT2D eigenvalue weighted by molar-refractivity contribution is 8.01. The summed E-state index contributed by atoms with van der Waals surface area (Å²) in [5, 5.41) is -0.667. The maximum absolute atomic E-state index is 12.5. The first kappa shape index (κ1) is 15.2. The number of ketones is 2. The number of thiol groups is 1. The van der Waals surface area contributed by atoms with Crippen molar-refractivity contribution in [3.63, 3.8) is 0 Å². The highest BCUT2D eigenvalue weighted by atomic mass is 32.2. The third-order valence-corrected chi connectivity index (χ3v) is 4.63. The molecule has 0 aromatic heterocycles. The molecule has 0 fully saturated rings. The van der Waals surface area contributed by atoms with Crippen LogP contribution in [0.15, 0.2) is 36.1 Å². The summed E-state index contributed by atoms with van der Waals surface area (Å²) in [7, 11) is 1.43. The second-order valence-electron chi connectivity index (χ2n) is 4.33. The molecule has 1 atom stereocenters. The number of carbonyl (C=O) groups is 2. The van der Waals surface area contributed by atoms with Gasteiger partial charge in [0.15, 0.2) is 11.5 Å². The molecule has 0 spiro atoms. The molecule has 0 aliphatic heterocycles. The van der Waals surface area contributed by atoms with Crippen molar-refractivity contribution >= 4 is 41.5 Å². The number of thioether (sulfide) groups is 1. The minimum absolute atomic E-state index is 0.151.